The number of nitrogens with one attached hydrogen (secondary N) is 2. The predicted molar refractivity (Wildman–Crippen MR) is 118 cm³/mol. The number of ether oxygens (including phenoxy) is 1. The third kappa shape index (κ3) is 4.60. The number of benzene rings is 1. The van der Waals surface area contributed by atoms with Crippen molar-refractivity contribution in [3.05, 3.63) is 41.2 Å². The van der Waals surface area contributed by atoms with Gasteiger partial charge >= 0.3 is 0 Å². The first-order chi connectivity index (χ1) is 14.8. The Morgan fingerprint density at radius 3 is 2.55 bits per heavy atom. The summed E-state index contributed by atoms with van der Waals surface area (Å²) < 4.78 is 34.0. The first-order valence-electron chi connectivity index (χ1n) is 10.4. The van der Waals surface area contributed by atoms with Crippen LogP contribution in [-0.2, 0) is 14.8 Å². The molecule has 0 unspecified atom stereocenters. The molecular formula is C22H26N4O4S. The highest BCUT2D eigenvalue weighted by Gasteiger charge is 2.32. The largest absolute Gasteiger partial charge is 0.382 e. The van der Waals surface area contributed by atoms with Gasteiger partial charge in [0.05, 0.1) is 16.6 Å². The van der Waals surface area contributed by atoms with Crippen molar-refractivity contribution in [2.45, 2.75) is 36.9 Å². The number of aromatic amines is 1. The maximum atomic E-state index is 13.0. The van der Waals surface area contributed by atoms with Crippen LogP contribution in [0.2, 0.25) is 0 Å². The summed E-state index contributed by atoms with van der Waals surface area (Å²) in [6, 6.07) is 7.38. The minimum atomic E-state index is -3.54. The fourth-order valence-electron chi connectivity index (χ4n) is 3.91. The van der Waals surface area contributed by atoms with E-state index in [2.05, 4.69) is 9.71 Å². The predicted octanol–water partition coefficient (Wildman–Crippen LogP) is 3.12. The van der Waals surface area contributed by atoms with E-state index in [1.165, 1.54) is 6.20 Å². The topological polar surface area (TPSA) is 115 Å². The number of carbonyl (C=O) groups excluding carboxylic acids is 1. The molecule has 9 heteroatoms. The summed E-state index contributed by atoms with van der Waals surface area (Å²) in [5.74, 6) is -0.0844. The van der Waals surface area contributed by atoms with Gasteiger partial charge in [-0.3, -0.25) is 9.52 Å². The number of H-pyrrole nitrogens is 1. The van der Waals surface area contributed by atoms with E-state index in [9.17, 15) is 18.5 Å². The first kappa shape index (κ1) is 21.4. The Labute approximate surface area is 181 Å². The smallest absolute Gasteiger partial charge is 0.235 e. The van der Waals surface area contributed by atoms with Crippen LogP contribution in [0.15, 0.2) is 30.0 Å². The lowest BCUT2D eigenvalue weighted by Gasteiger charge is -2.23. The summed E-state index contributed by atoms with van der Waals surface area (Å²) in [5, 5.41) is 9.68. The monoisotopic (exact) mass is 442 g/mol. The molecule has 2 fully saturated rings. The second-order valence-corrected chi connectivity index (χ2v) is 10.4. The van der Waals surface area contributed by atoms with Crippen LogP contribution >= 0.6 is 0 Å². The van der Waals surface area contributed by atoms with E-state index in [1.807, 2.05) is 12.1 Å². The van der Waals surface area contributed by atoms with Crippen LogP contribution in [0.5, 0.6) is 0 Å². The summed E-state index contributed by atoms with van der Waals surface area (Å²) in [4.78, 5) is 17.5. The molecule has 31 heavy (non-hydrogen) atoms. The molecule has 164 valence electrons. The number of nitrogens with zero attached hydrogens (tertiary/aromatic N) is 2. The van der Waals surface area contributed by atoms with Crippen LogP contribution in [0.25, 0.3) is 10.9 Å². The van der Waals surface area contributed by atoms with Gasteiger partial charge in [-0.25, -0.2) is 8.42 Å². The molecule has 1 aliphatic carbocycles. The maximum Gasteiger partial charge on any atom is 0.235 e. The molecule has 2 heterocycles. The summed E-state index contributed by atoms with van der Waals surface area (Å²) in [5.41, 5.74) is 2.49. The van der Waals surface area contributed by atoms with Crippen LogP contribution in [0.4, 0.5) is 5.69 Å². The van der Waals surface area contributed by atoms with Gasteiger partial charge in [0.25, 0.3) is 0 Å². The molecular weight excluding hydrogens is 416 g/mol. The van der Waals surface area contributed by atoms with Crippen LogP contribution in [0.1, 0.15) is 47.7 Å². The molecule has 4 rings (SSSR count). The number of sulfonamides is 1. The van der Waals surface area contributed by atoms with Crippen LogP contribution in [0, 0.1) is 11.3 Å². The lowest BCUT2D eigenvalue weighted by atomic mass is 10.1. The van der Waals surface area contributed by atoms with Gasteiger partial charge in [0, 0.05) is 44.4 Å². The molecule has 1 aromatic heterocycles. The van der Waals surface area contributed by atoms with Gasteiger partial charge in [-0.1, -0.05) is 0 Å². The Kier molecular flexibility index (Phi) is 5.77. The van der Waals surface area contributed by atoms with E-state index < -0.39 is 21.1 Å². The van der Waals surface area contributed by atoms with E-state index in [0.29, 0.717) is 48.9 Å². The number of hydrogen-bond acceptors (Lipinski definition) is 6. The van der Waals surface area contributed by atoms with Gasteiger partial charge in [-0.05, 0) is 55.4 Å². The third-order valence-electron chi connectivity index (χ3n) is 5.66. The third-order valence-corrected chi connectivity index (χ3v) is 7.52. The van der Waals surface area contributed by atoms with E-state index in [1.54, 1.807) is 31.1 Å². The van der Waals surface area contributed by atoms with Crippen LogP contribution < -0.4 is 4.72 Å². The standard InChI is InChI=1S/C22H26N4O4S/c1-26(2)13-16(12-23)22(27)21-10-15-9-18(14-3-4-14)20(11-19(15)24-21)25-31(28,29)17-5-7-30-8-6-17/h9-11,13-14,17,24-25H,3-8H2,1-2H3/b16-13+. The minimum absolute atomic E-state index is 0.0272. The minimum Gasteiger partial charge on any atom is -0.382 e. The zero-order chi connectivity index (χ0) is 22.2. The maximum absolute atomic E-state index is 13.0. The summed E-state index contributed by atoms with van der Waals surface area (Å²) in [6.45, 7) is 0.897. The zero-order valence-electron chi connectivity index (χ0n) is 17.6. The number of allylic oxidation sites excluding steroid dienone is 1. The number of aromatic nitrogens is 1. The number of rotatable bonds is 7. The first-order valence-corrected chi connectivity index (χ1v) is 11.9. The second kappa shape index (κ2) is 8.36. The molecule has 1 saturated carbocycles. The molecule has 0 radical (unpaired) electrons. The zero-order valence-corrected chi connectivity index (χ0v) is 18.5. The van der Waals surface area contributed by atoms with Crippen LogP contribution in [0.3, 0.4) is 0 Å². The molecule has 2 N–H and O–H groups in total. The lowest BCUT2D eigenvalue weighted by Crippen LogP contribution is -2.33. The van der Waals surface area contributed by atoms with Crippen molar-refractivity contribution in [3.8, 4) is 6.07 Å². The van der Waals surface area contributed by atoms with Crippen molar-refractivity contribution in [1.82, 2.24) is 9.88 Å². The van der Waals surface area contributed by atoms with Crippen LogP contribution in [-0.4, -0.2) is 56.6 Å². The highest BCUT2D eigenvalue weighted by Crippen LogP contribution is 2.45. The van der Waals surface area contributed by atoms with E-state index in [4.69, 9.17) is 4.74 Å². The molecule has 0 amide bonds. The fourth-order valence-corrected chi connectivity index (χ4v) is 5.37. The molecule has 2 aromatic rings. The van der Waals surface area contributed by atoms with Gasteiger partial charge in [0.2, 0.25) is 15.8 Å². The lowest BCUT2D eigenvalue weighted by molar-refractivity contribution is 0.0984. The number of fused-ring (bicyclic) bond motifs is 1. The highest BCUT2D eigenvalue weighted by atomic mass is 32.2. The number of ketones is 1. The molecule has 0 spiro atoms. The molecule has 1 aliphatic heterocycles. The fraction of sp³-hybridized carbons (Fsp3) is 0.455. The Balaban J connectivity index is 1.69. The van der Waals surface area contributed by atoms with Gasteiger partial charge in [-0.15, -0.1) is 0 Å². The van der Waals surface area contributed by atoms with Crippen molar-refractivity contribution in [2.24, 2.45) is 0 Å². The number of carbonyl (C=O) groups is 1. The van der Waals surface area contributed by atoms with Gasteiger partial charge in [0.1, 0.15) is 11.6 Å². The van der Waals surface area contributed by atoms with Gasteiger partial charge in [-0.2, -0.15) is 5.26 Å². The van der Waals surface area contributed by atoms with E-state index in [-0.39, 0.29) is 5.57 Å². The summed E-state index contributed by atoms with van der Waals surface area (Å²) in [6.07, 6.45) is 4.46. The highest BCUT2D eigenvalue weighted by molar-refractivity contribution is 7.93. The van der Waals surface area contributed by atoms with Crippen molar-refractivity contribution in [3.63, 3.8) is 0 Å². The molecule has 0 atom stereocenters. The van der Waals surface area contributed by atoms with Gasteiger partial charge < -0.3 is 14.6 Å². The van der Waals surface area contributed by atoms with Crippen molar-refractivity contribution >= 4 is 32.4 Å². The number of anilines is 1. The summed E-state index contributed by atoms with van der Waals surface area (Å²) in [7, 11) is -0.0530. The van der Waals surface area contributed by atoms with Gasteiger partial charge in [0.15, 0.2) is 0 Å². The second-order valence-electron chi connectivity index (χ2n) is 8.39. The molecule has 8 nitrogen and oxygen atoms in total. The number of nitriles is 1. The molecule has 0 bridgehead atoms. The average molecular weight is 443 g/mol. The average Bonchev–Trinajstić information content (AvgIpc) is 3.50. The number of Topliss-reactive ketones (excluding diaryl/α,β-unsaturated/α-hetero) is 1. The quantitative estimate of drug-likeness (QED) is 0.387. The SMILES string of the molecule is CN(C)/C=C(\C#N)C(=O)c1cc2cc(C3CC3)c(NS(=O)(=O)C3CCOCC3)cc2[nH]1. The van der Waals surface area contributed by atoms with Crippen molar-refractivity contribution < 1.29 is 17.9 Å². The van der Waals surface area contributed by atoms with Crippen molar-refractivity contribution in [2.75, 3.05) is 32.0 Å². The Morgan fingerprint density at radius 1 is 1.23 bits per heavy atom. The van der Waals surface area contributed by atoms with E-state index >= 15 is 0 Å². The Hall–Kier alpha value is -2.83. The molecule has 1 saturated heterocycles. The Morgan fingerprint density at radius 2 is 1.94 bits per heavy atom. The van der Waals surface area contributed by atoms with E-state index in [0.717, 1.165) is 23.8 Å². The summed E-state index contributed by atoms with van der Waals surface area (Å²) >= 11 is 0. The Bertz CT molecular complexity index is 1180. The van der Waals surface area contributed by atoms with Crippen molar-refractivity contribution in [1.29, 1.82) is 5.26 Å². The number of hydrogen-bond donors (Lipinski definition) is 2. The molecule has 1 aromatic carbocycles. The molecule has 2 aliphatic rings. The normalized spacial score (nSPS) is 18.0.